The monoisotopic (exact) mass is 414 g/mol. The molecule has 146 valence electrons. The third-order valence-electron chi connectivity index (χ3n) is 4.33. The number of halogens is 3. The van der Waals surface area contributed by atoms with E-state index >= 15 is 0 Å². The van der Waals surface area contributed by atoms with Crippen LogP contribution in [0.4, 0.5) is 14.9 Å². The topological polar surface area (TPSA) is 75.3 Å². The van der Waals surface area contributed by atoms with Crippen molar-refractivity contribution in [3.8, 4) is 5.75 Å². The lowest BCUT2D eigenvalue weighted by Gasteiger charge is -2.32. The number of amides is 2. The number of hydrogen-bond acceptors (Lipinski definition) is 4. The van der Waals surface area contributed by atoms with Crippen molar-refractivity contribution < 1.29 is 13.9 Å². The molecule has 0 bridgehead atoms. The van der Waals surface area contributed by atoms with E-state index in [1.165, 1.54) is 19.4 Å². The molecule has 2 heterocycles. The van der Waals surface area contributed by atoms with Crippen molar-refractivity contribution in [1.29, 1.82) is 0 Å². The lowest BCUT2D eigenvalue weighted by Crippen LogP contribution is -2.49. The number of aromatic nitrogens is 1. The van der Waals surface area contributed by atoms with Gasteiger partial charge in [-0.1, -0.05) is 11.6 Å². The number of carbonyl (C=O) groups is 1. The van der Waals surface area contributed by atoms with Crippen LogP contribution in [0.15, 0.2) is 36.5 Å². The Morgan fingerprint density at radius 3 is 2.78 bits per heavy atom. The number of nitrogens with zero attached hydrogens (tertiary/aromatic N) is 1. The average molecular weight is 415 g/mol. The van der Waals surface area contributed by atoms with Gasteiger partial charge >= 0.3 is 6.03 Å². The largest absolute Gasteiger partial charge is 0.495 e. The minimum atomic E-state index is -0.442. The molecule has 0 aliphatic carbocycles. The number of anilines is 1. The molecule has 2 amide bonds. The number of carbonyl (C=O) groups excluding carboxylic acids is 1. The summed E-state index contributed by atoms with van der Waals surface area (Å²) in [6, 6.07) is 7.54. The average Bonchev–Trinajstić information content (AvgIpc) is 2.64. The van der Waals surface area contributed by atoms with Crippen LogP contribution in [0, 0.1) is 5.82 Å². The van der Waals surface area contributed by atoms with Crippen LogP contribution in [-0.4, -0.2) is 37.3 Å². The van der Waals surface area contributed by atoms with E-state index in [2.05, 4.69) is 20.9 Å². The second-order valence-electron chi connectivity index (χ2n) is 6.05. The zero-order valence-corrected chi connectivity index (χ0v) is 16.2. The van der Waals surface area contributed by atoms with Crippen LogP contribution in [0.3, 0.4) is 0 Å². The standard InChI is InChI=1S/C18H20ClFN4O2.ClH/c1-26-13-8-15(20)17(22-9-13)14-10-21-7-6-16(14)24-18(25)23-12-4-2-11(19)3-5-12;/h2-5,8-9,14,16,21H,6-7,10H2,1H3,(H2,23,24,25);1H/t14-,16-;/m1./s1. The molecule has 0 saturated carbocycles. The fraction of sp³-hybridized carbons (Fsp3) is 0.333. The highest BCUT2D eigenvalue weighted by Gasteiger charge is 2.31. The van der Waals surface area contributed by atoms with Gasteiger partial charge in [0, 0.05) is 35.3 Å². The summed E-state index contributed by atoms with van der Waals surface area (Å²) in [4.78, 5) is 16.5. The summed E-state index contributed by atoms with van der Waals surface area (Å²) in [6.07, 6.45) is 2.16. The third-order valence-corrected chi connectivity index (χ3v) is 4.58. The van der Waals surface area contributed by atoms with E-state index in [9.17, 15) is 9.18 Å². The molecule has 1 saturated heterocycles. The van der Waals surface area contributed by atoms with Crippen LogP contribution in [-0.2, 0) is 0 Å². The van der Waals surface area contributed by atoms with Crippen LogP contribution < -0.4 is 20.7 Å². The molecule has 3 rings (SSSR count). The van der Waals surface area contributed by atoms with Gasteiger partial charge in [-0.15, -0.1) is 12.4 Å². The number of benzene rings is 1. The molecule has 6 nitrogen and oxygen atoms in total. The number of ether oxygens (including phenoxy) is 1. The first-order chi connectivity index (χ1) is 12.6. The van der Waals surface area contributed by atoms with E-state index < -0.39 is 5.82 Å². The van der Waals surface area contributed by atoms with Crippen molar-refractivity contribution in [2.45, 2.75) is 18.4 Å². The Labute approximate surface area is 168 Å². The maximum Gasteiger partial charge on any atom is 0.319 e. The summed E-state index contributed by atoms with van der Waals surface area (Å²) in [6.45, 7) is 1.27. The van der Waals surface area contributed by atoms with Crippen LogP contribution in [0.25, 0.3) is 0 Å². The Bertz CT molecular complexity index is 776. The van der Waals surface area contributed by atoms with Crippen molar-refractivity contribution in [2.75, 3.05) is 25.5 Å². The predicted molar refractivity (Wildman–Crippen MR) is 106 cm³/mol. The number of pyridine rings is 1. The SMILES string of the molecule is COc1cnc([C@@H]2CNCC[C@H]2NC(=O)Nc2ccc(Cl)cc2)c(F)c1.Cl. The molecule has 9 heteroatoms. The highest BCUT2D eigenvalue weighted by atomic mass is 35.5. The highest BCUT2D eigenvalue weighted by molar-refractivity contribution is 6.30. The molecule has 0 radical (unpaired) electrons. The van der Waals surface area contributed by atoms with Gasteiger partial charge in [0.05, 0.1) is 19.0 Å². The number of urea groups is 1. The molecule has 1 aromatic carbocycles. The lowest BCUT2D eigenvalue weighted by molar-refractivity contribution is 0.241. The van der Waals surface area contributed by atoms with Crippen LogP contribution >= 0.6 is 24.0 Å². The fourth-order valence-corrected chi connectivity index (χ4v) is 3.13. The summed E-state index contributed by atoms with van der Waals surface area (Å²) in [5.74, 6) is -0.353. The lowest BCUT2D eigenvalue weighted by atomic mass is 9.89. The summed E-state index contributed by atoms with van der Waals surface area (Å²) in [5, 5.41) is 9.50. The molecule has 2 atom stereocenters. The molecule has 1 fully saturated rings. The van der Waals surface area contributed by atoms with Crippen molar-refractivity contribution in [2.24, 2.45) is 0 Å². The van der Waals surface area contributed by atoms with Gasteiger partial charge < -0.3 is 20.7 Å². The Morgan fingerprint density at radius 2 is 2.11 bits per heavy atom. The third kappa shape index (κ3) is 5.45. The predicted octanol–water partition coefficient (Wildman–Crippen LogP) is 3.57. The highest BCUT2D eigenvalue weighted by Crippen LogP contribution is 2.26. The Morgan fingerprint density at radius 1 is 1.37 bits per heavy atom. The Balaban J connectivity index is 0.00000261. The van der Waals surface area contributed by atoms with E-state index in [0.29, 0.717) is 35.1 Å². The minimum Gasteiger partial charge on any atom is -0.495 e. The van der Waals surface area contributed by atoms with Gasteiger partial charge in [-0.05, 0) is 37.2 Å². The Hall–Kier alpha value is -2.09. The second kappa shape index (κ2) is 9.73. The molecule has 1 aliphatic heterocycles. The van der Waals surface area contributed by atoms with Gasteiger partial charge in [-0.25, -0.2) is 9.18 Å². The molecule has 0 spiro atoms. The molecule has 2 aromatic rings. The van der Waals surface area contributed by atoms with E-state index in [1.807, 2.05) is 0 Å². The fourth-order valence-electron chi connectivity index (χ4n) is 3.00. The molecule has 1 aromatic heterocycles. The summed E-state index contributed by atoms with van der Waals surface area (Å²) < 4.78 is 19.4. The summed E-state index contributed by atoms with van der Waals surface area (Å²) >= 11 is 5.84. The van der Waals surface area contributed by atoms with Crippen molar-refractivity contribution in [3.05, 3.63) is 53.1 Å². The summed E-state index contributed by atoms with van der Waals surface area (Å²) in [5.41, 5.74) is 0.945. The number of methoxy groups -OCH3 is 1. The normalized spacial score (nSPS) is 18.9. The van der Waals surface area contributed by atoms with Crippen LogP contribution in [0.2, 0.25) is 5.02 Å². The van der Waals surface area contributed by atoms with Crippen molar-refractivity contribution >= 4 is 35.7 Å². The molecular weight excluding hydrogens is 394 g/mol. The molecule has 27 heavy (non-hydrogen) atoms. The van der Waals surface area contributed by atoms with E-state index in [-0.39, 0.29) is 30.4 Å². The smallest absolute Gasteiger partial charge is 0.319 e. The van der Waals surface area contributed by atoms with Gasteiger partial charge in [0.1, 0.15) is 11.6 Å². The molecular formula is C18H21Cl2FN4O2. The second-order valence-corrected chi connectivity index (χ2v) is 6.49. The van der Waals surface area contributed by atoms with Crippen molar-refractivity contribution in [1.82, 2.24) is 15.6 Å². The quantitative estimate of drug-likeness (QED) is 0.714. The van der Waals surface area contributed by atoms with Gasteiger partial charge in [0.2, 0.25) is 0 Å². The van der Waals surface area contributed by atoms with Gasteiger partial charge in [-0.2, -0.15) is 0 Å². The first kappa shape index (κ1) is 21.2. The van der Waals surface area contributed by atoms with Gasteiger partial charge in [-0.3, -0.25) is 4.98 Å². The minimum absolute atomic E-state index is 0. The molecule has 1 aliphatic rings. The first-order valence-corrected chi connectivity index (χ1v) is 8.68. The van der Waals surface area contributed by atoms with Crippen LogP contribution in [0.1, 0.15) is 18.0 Å². The maximum atomic E-state index is 14.4. The van der Waals surface area contributed by atoms with Gasteiger partial charge in [0.15, 0.2) is 0 Å². The summed E-state index contributed by atoms with van der Waals surface area (Å²) in [7, 11) is 1.46. The maximum absolute atomic E-state index is 14.4. The number of nitrogens with one attached hydrogen (secondary N) is 3. The number of hydrogen-bond donors (Lipinski definition) is 3. The molecule has 3 N–H and O–H groups in total. The van der Waals surface area contributed by atoms with Crippen molar-refractivity contribution in [3.63, 3.8) is 0 Å². The Kier molecular flexibility index (Phi) is 7.65. The number of piperidine rings is 1. The van der Waals surface area contributed by atoms with E-state index in [0.717, 1.165) is 6.54 Å². The van der Waals surface area contributed by atoms with Gasteiger partial charge in [0.25, 0.3) is 0 Å². The zero-order chi connectivity index (χ0) is 18.5. The molecule has 0 unspecified atom stereocenters. The zero-order valence-electron chi connectivity index (χ0n) is 14.7. The van der Waals surface area contributed by atoms with E-state index in [4.69, 9.17) is 16.3 Å². The van der Waals surface area contributed by atoms with E-state index in [1.54, 1.807) is 24.3 Å². The first-order valence-electron chi connectivity index (χ1n) is 8.30. The number of rotatable bonds is 4. The van der Waals surface area contributed by atoms with Crippen LogP contribution in [0.5, 0.6) is 5.75 Å².